The molecule has 0 saturated heterocycles. The standard InChI is InChI=1S/C21H19BrP/c1-2-10-18-11-9-16-21(17-18)23(22,19-12-5-3-6-13-19)20-14-7-4-8-15-20/h2-17H,1H3/q+1/b10-2+. The normalized spacial score (nSPS) is 11.7. The van der Waals surface area contributed by atoms with Crippen LogP contribution in [0.3, 0.4) is 0 Å². The number of benzene rings is 3. The summed E-state index contributed by atoms with van der Waals surface area (Å²) in [5, 5.41) is 4.01. The fourth-order valence-corrected chi connectivity index (χ4v) is 7.49. The van der Waals surface area contributed by atoms with Crippen LogP contribution in [0.5, 0.6) is 0 Å². The van der Waals surface area contributed by atoms with Gasteiger partial charge in [-0.2, -0.15) is 0 Å². The van der Waals surface area contributed by atoms with Crippen LogP contribution >= 0.6 is 21.5 Å². The summed E-state index contributed by atoms with van der Waals surface area (Å²) in [6.07, 6.45) is 4.23. The minimum atomic E-state index is -1.80. The van der Waals surface area contributed by atoms with Crippen molar-refractivity contribution in [1.29, 1.82) is 0 Å². The predicted octanol–water partition coefficient (Wildman–Crippen LogP) is 5.32. The van der Waals surface area contributed by atoms with E-state index in [1.807, 2.05) is 0 Å². The maximum absolute atomic E-state index is 4.18. The van der Waals surface area contributed by atoms with Crippen molar-refractivity contribution in [3.8, 4) is 0 Å². The van der Waals surface area contributed by atoms with Gasteiger partial charge < -0.3 is 0 Å². The van der Waals surface area contributed by atoms with Crippen molar-refractivity contribution in [2.24, 2.45) is 0 Å². The molecule has 0 atom stereocenters. The number of allylic oxidation sites excluding steroid dienone is 1. The van der Waals surface area contributed by atoms with Gasteiger partial charge in [-0.05, 0) is 48.9 Å². The summed E-state index contributed by atoms with van der Waals surface area (Å²) in [7, 11) is 0. The van der Waals surface area contributed by atoms with Gasteiger partial charge in [0.05, 0.1) is 0 Å². The van der Waals surface area contributed by atoms with Crippen LogP contribution in [0.15, 0.2) is 91.0 Å². The highest BCUT2D eigenvalue weighted by Crippen LogP contribution is 2.62. The van der Waals surface area contributed by atoms with Gasteiger partial charge in [0.2, 0.25) is 0 Å². The number of hydrogen-bond donors (Lipinski definition) is 0. The Bertz CT molecular complexity index is 755. The third-order valence-electron chi connectivity index (χ3n) is 3.81. The Balaban J connectivity index is 2.23. The molecule has 3 rings (SSSR count). The van der Waals surface area contributed by atoms with Gasteiger partial charge in [-0.3, -0.25) is 0 Å². The lowest BCUT2D eigenvalue weighted by molar-refractivity contribution is 1.67. The van der Waals surface area contributed by atoms with Crippen molar-refractivity contribution in [1.82, 2.24) is 0 Å². The Morgan fingerprint density at radius 1 is 0.696 bits per heavy atom. The number of rotatable bonds is 4. The van der Waals surface area contributed by atoms with E-state index in [1.165, 1.54) is 21.5 Å². The molecule has 0 spiro atoms. The highest BCUT2D eigenvalue weighted by Gasteiger charge is 2.43. The smallest absolute Gasteiger partial charge is 0.0871 e. The van der Waals surface area contributed by atoms with E-state index >= 15 is 0 Å². The molecule has 0 nitrogen and oxygen atoms in total. The Kier molecular flexibility index (Phi) is 5.10. The summed E-state index contributed by atoms with van der Waals surface area (Å²) in [4.78, 5) is 0. The maximum Gasteiger partial charge on any atom is 0.181 e. The molecule has 0 aliphatic rings. The molecule has 0 aromatic heterocycles. The zero-order valence-electron chi connectivity index (χ0n) is 13.1. The van der Waals surface area contributed by atoms with Crippen molar-refractivity contribution in [2.45, 2.75) is 6.92 Å². The quantitative estimate of drug-likeness (QED) is 0.536. The van der Waals surface area contributed by atoms with E-state index in [-0.39, 0.29) is 0 Å². The lowest BCUT2D eigenvalue weighted by Gasteiger charge is -2.20. The Labute approximate surface area is 147 Å². The van der Waals surface area contributed by atoms with E-state index in [1.54, 1.807) is 0 Å². The molecular formula is C21H19BrP+. The van der Waals surface area contributed by atoms with Crippen molar-refractivity contribution in [3.63, 3.8) is 0 Å². The molecule has 0 fully saturated rings. The third kappa shape index (κ3) is 3.32. The molecule has 23 heavy (non-hydrogen) atoms. The van der Waals surface area contributed by atoms with Crippen molar-refractivity contribution >= 4 is 43.4 Å². The average molecular weight is 382 g/mol. The first-order valence-corrected chi connectivity index (χ1v) is 11.5. The maximum atomic E-state index is 4.18. The highest BCUT2D eigenvalue weighted by molar-refractivity contribution is 9.44. The van der Waals surface area contributed by atoms with Gasteiger partial charge in [-0.15, -0.1) is 0 Å². The van der Waals surface area contributed by atoms with E-state index in [0.717, 1.165) is 0 Å². The van der Waals surface area contributed by atoms with Gasteiger partial charge >= 0.3 is 0 Å². The molecule has 0 bridgehead atoms. The van der Waals surface area contributed by atoms with Crippen LogP contribution in [0.2, 0.25) is 0 Å². The lowest BCUT2D eigenvalue weighted by atomic mass is 10.2. The summed E-state index contributed by atoms with van der Waals surface area (Å²) in [6, 6.07) is 30.3. The number of halogens is 1. The summed E-state index contributed by atoms with van der Waals surface area (Å²) in [5.74, 6) is -1.80. The Morgan fingerprint density at radius 2 is 1.22 bits per heavy atom. The van der Waals surface area contributed by atoms with E-state index in [0.29, 0.717) is 0 Å². The van der Waals surface area contributed by atoms with Gasteiger partial charge in [0, 0.05) is 0 Å². The first-order valence-electron chi connectivity index (χ1n) is 7.68. The molecule has 0 saturated carbocycles. The zero-order chi connectivity index (χ0) is 16.1. The first-order chi connectivity index (χ1) is 11.2. The monoisotopic (exact) mass is 381 g/mol. The van der Waals surface area contributed by atoms with E-state index in [4.69, 9.17) is 0 Å². The molecule has 3 aromatic rings. The van der Waals surface area contributed by atoms with Gasteiger partial charge in [0.1, 0.15) is 15.9 Å². The second-order valence-electron chi connectivity index (χ2n) is 5.36. The van der Waals surface area contributed by atoms with Gasteiger partial charge in [-0.1, -0.05) is 60.7 Å². The fourth-order valence-electron chi connectivity index (χ4n) is 2.73. The van der Waals surface area contributed by atoms with Crippen LogP contribution in [0.25, 0.3) is 6.08 Å². The van der Waals surface area contributed by atoms with Crippen LogP contribution in [-0.2, 0) is 0 Å². The van der Waals surface area contributed by atoms with E-state index < -0.39 is 5.96 Å². The lowest BCUT2D eigenvalue weighted by Crippen LogP contribution is -2.26. The molecule has 0 radical (unpaired) electrons. The molecule has 3 aromatic carbocycles. The number of hydrogen-bond acceptors (Lipinski definition) is 0. The average Bonchev–Trinajstić information content (AvgIpc) is 2.63. The molecule has 114 valence electrons. The minimum Gasteiger partial charge on any atom is -0.0871 e. The zero-order valence-corrected chi connectivity index (χ0v) is 15.5. The van der Waals surface area contributed by atoms with Gasteiger partial charge in [-0.25, -0.2) is 0 Å². The SMILES string of the molecule is C/C=C/c1cccc([P+](Br)(c2ccccc2)c2ccccc2)c1. The molecule has 0 N–H and O–H groups in total. The molecule has 0 amide bonds. The van der Waals surface area contributed by atoms with E-state index in [9.17, 15) is 0 Å². The third-order valence-corrected chi connectivity index (χ3v) is 10.5. The largest absolute Gasteiger partial charge is 0.181 e. The van der Waals surface area contributed by atoms with E-state index in [2.05, 4.69) is 119 Å². The van der Waals surface area contributed by atoms with Crippen molar-refractivity contribution < 1.29 is 0 Å². The first kappa shape index (κ1) is 16.2. The highest BCUT2D eigenvalue weighted by atomic mass is 79.9. The summed E-state index contributed by atoms with van der Waals surface area (Å²) < 4.78 is 0. The Morgan fingerprint density at radius 3 is 1.74 bits per heavy atom. The second kappa shape index (κ2) is 7.25. The molecule has 0 unspecified atom stereocenters. The molecular weight excluding hydrogens is 363 g/mol. The van der Waals surface area contributed by atoms with Crippen LogP contribution < -0.4 is 15.9 Å². The molecule has 2 heteroatoms. The van der Waals surface area contributed by atoms with Crippen molar-refractivity contribution in [3.05, 3.63) is 96.6 Å². The Hall–Kier alpha value is -1.69. The van der Waals surface area contributed by atoms with Crippen LogP contribution in [0.4, 0.5) is 0 Å². The van der Waals surface area contributed by atoms with Crippen molar-refractivity contribution in [2.75, 3.05) is 0 Å². The molecule has 0 heterocycles. The van der Waals surface area contributed by atoms with Gasteiger partial charge in [0.15, 0.2) is 21.5 Å². The minimum absolute atomic E-state index is 1.24. The van der Waals surface area contributed by atoms with Crippen LogP contribution in [0, 0.1) is 0 Å². The predicted molar refractivity (Wildman–Crippen MR) is 109 cm³/mol. The topological polar surface area (TPSA) is 0 Å². The summed E-state index contributed by atoms with van der Waals surface area (Å²) in [6.45, 7) is 2.05. The van der Waals surface area contributed by atoms with Gasteiger partial charge in [0.25, 0.3) is 0 Å². The summed E-state index contributed by atoms with van der Waals surface area (Å²) >= 11 is 4.18. The fraction of sp³-hybridized carbons (Fsp3) is 0.0476. The van der Waals surface area contributed by atoms with Crippen LogP contribution in [-0.4, -0.2) is 0 Å². The van der Waals surface area contributed by atoms with Crippen LogP contribution in [0.1, 0.15) is 12.5 Å². The molecule has 0 aliphatic heterocycles. The summed E-state index contributed by atoms with van der Waals surface area (Å²) in [5.41, 5.74) is 1.24. The second-order valence-corrected chi connectivity index (χ2v) is 11.3. The molecule has 0 aliphatic carbocycles.